The summed E-state index contributed by atoms with van der Waals surface area (Å²) < 4.78 is 25.8. The average molecular weight is 214 g/mol. The number of hydrogen-bond donors (Lipinski definition) is 0. The van der Waals surface area contributed by atoms with Gasteiger partial charge in [0.15, 0.2) is 0 Å². The van der Waals surface area contributed by atoms with E-state index in [1.165, 1.54) is 19.4 Å². The van der Waals surface area contributed by atoms with Crippen LogP contribution in [0.2, 0.25) is 5.02 Å². The number of hydrogen-bond acceptors (Lipinski definition) is 4. The molecule has 13 heavy (non-hydrogen) atoms. The van der Waals surface area contributed by atoms with Crippen molar-refractivity contribution >= 4 is 22.7 Å². The Morgan fingerprint density at radius 1 is 1.69 bits per heavy atom. The normalized spacial score (nSPS) is 11.6. The number of nitrogens with zero attached hydrogens (tertiary/aromatic N) is 1. The molecule has 0 N–H and O–H groups in total. The van der Waals surface area contributed by atoms with Gasteiger partial charge in [-0.1, -0.05) is 11.6 Å². The molecule has 0 spiro atoms. The van der Waals surface area contributed by atoms with Crippen molar-refractivity contribution in [2.45, 2.75) is 4.90 Å². The maximum absolute atomic E-state index is 10.5. The van der Waals surface area contributed by atoms with Crippen LogP contribution in [0.3, 0.4) is 0 Å². The third kappa shape index (κ3) is 2.97. The zero-order valence-corrected chi connectivity index (χ0v) is 8.69. The molecule has 1 heterocycles. The van der Waals surface area contributed by atoms with Crippen molar-refractivity contribution in [1.82, 2.24) is 4.98 Å². The zero-order chi connectivity index (χ0) is 9.14. The van der Waals surface area contributed by atoms with Gasteiger partial charge in [0.2, 0.25) is 5.88 Å². The Morgan fingerprint density at radius 2 is 2.31 bits per heavy atom. The molecule has 1 unspecified atom stereocenters. The van der Waals surface area contributed by atoms with Gasteiger partial charge in [-0.2, -0.15) is 0 Å². The second kappa shape index (κ2) is 5.63. The van der Waals surface area contributed by atoms with Gasteiger partial charge in [0, 0.05) is 6.20 Å². The van der Waals surface area contributed by atoms with E-state index in [9.17, 15) is 8.76 Å². The number of halogens is 1. The second-order valence-corrected chi connectivity index (χ2v) is 3.15. The van der Waals surface area contributed by atoms with Crippen LogP contribution in [0.5, 0.6) is 5.88 Å². The number of methoxy groups -OCH3 is 1. The molecule has 1 rings (SSSR count). The molecular weight excluding hydrogens is 209 g/mol. The molecule has 0 aromatic carbocycles. The van der Waals surface area contributed by atoms with Crippen LogP contribution in [0, 0.1) is 0 Å². The van der Waals surface area contributed by atoms with Crippen LogP contribution in [-0.4, -0.2) is 20.9 Å². The third-order valence-electron chi connectivity index (χ3n) is 1.19. The summed E-state index contributed by atoms with van der Waals surface area (Å²) in [6.07, 6.45) is 1.32. The molecule has 0 saturated heterocycles. The molecular formula is C6H5ClLiNO3S. The zero-order valence-electron chi connectivity index (χ0n) is 7.11. The Morgan fingerprint density at radius 3 is 2.77 bits per heavy atom. The fourth-order valence-corrected chi connectivity index (χ4v) is 1.46. The Balaban J connectivity index is 0.00000144. The number of rotatable bonds is 2. The van der Waals surface area contributed by atoms with Gasteiger partial charge in [-0.05, 0) is 17.1 Å². The number of ether oxygens (including phenoxy) is 1. The number of pyridine rings is 1. The van der Waals surface area contributed by atoms with E-state index in [-0.39, 0.29) is 34.7 Å². The van der Waals surface area contributed by atoms with E-state index in [0.29, 0.717) is 0 Å². The minimum atomic E-state index is -2.35. The van der Waals surface area contributed by atoms with Crippen molar-refractivity contribution in [1.29, 1.82) is 0 Å². The van der Waals surface area contributed by atoms with Crippen molar-refractivity contribution in [3.63, 3.8) is 0 Å². The Hall–Kier alpha value is -0.0526. The smallest absolute Gasteiger partial charge is 0.768 e. The summed E-state index contributed by atoms with van der Waals surface area (Å²) in [5.74, 6) is 0.110. The number of aromatic nitrogens is 1. The summed E-state index contributed by atoms with van der Waals surface area (Å²) in [6, 6.07) is 1.30. The largest absolute Gasteiger partial charge is 1.00 e. The molecule has 0 aliphatic rings. The first kappa shape index (κ1) is 12.9. The van der Waals surface area contributed by atoms with Crippen LogP contribution in [0.4, 0.5) is 0 Å². The maximum Gasteiger partial charge on any atom is 1.00 e. The summed E-state index contributed by atoms with van der Waals surface area (Å²) in [6.45, 7) is 0. The Labute approximate surface area is 95.1 Å². The molecule has 0 aliphatic heterocycles. The van der Waals surface area contributed by atoms with Crippen LogP contribution >= 0.6 is 11.6 Å². The maximum atomic E-state index is 10.5. The fraction of sp³-hybridized carbons (Fsp3) is 0.167. The first-order chi connectivity index (χ1) is 5.66. The first-order valence-electron chi connectivity index (χ1n) is 2.94. The minimum Gasteiger partial charge on any atom is -0.768 e. The van der Waals surface area contributed by atoms with Crippen LogP contribution in [0.1, 0.15) is 0 Å². The summed E-state index contributed by atoms with van der Waals surface area (Å²) >= 11 is 3.27. The molecule has 0 radical (unpaired) electrons. The van der Waals surface area contributed by atoms with E-state index in [1.54, 1.807) is 0 Å². The van der Waals surface area contributed by atoms with Gasteiger partial charge in [-0.15, -0.1) is 0 Å². The quantitative estimate of drug-likeness (QED) is 0.421. The van der Waals surface area contributed by atoms with Gasteiger partial charge in [0.05, 0.1) is 12.0 Å². The third-order valence-corrected chi connectivity index (χ3v) is 2.37. The van der Waals surface area contributed by atoms with E-state index in [1.807, 2.05) is 0 Å². The van der Waals surface area contributed by atoms with Crippen LogP contribution in [-0.2, 0) is 11.1 Å². The van der Waals surface area contributed by atoms with E-state index < -0.39 is 11.1 Å². The van der Waals surface area contributed by atoms with E-state index >= 15 is 0 Å². The van der Waals surface area contributed by atoms with E-state index in [0.717, 1.165) is 0 Å². The predicted molar refractivity (Wildman–Crippen MR) is 43.0 cm³/mol. The Kier molecular flexibility index (Phi) is 5.61. The molecule has 7 heteroatoms. The summed E-state index contributed by atoms with van der Waals surface area (Å²) in [4.78, 5) is 3.70. The monoisotopic (exact) mass is 213 g/mol. The van der Waals surface area contributed by atoms with Crippen molar-refractivity contribution in [2.75, 3.05) is 7.11 Å². The van der Waals surface area contributed by atoms with Crippen molar-refractivity contribution in [3.05, 3.63) is 17.3 Å². The van der Waals surface area contributed by atoms with Gasteiger partial charge >= 0.3 is 18.9 Å². The predicted octanol–water partition coefficient (Wildman–Crippen LogP) is -2.01. The molecule has 1 aromatic heterocycles. The fourth-order valence-electron chi connectivity index (χ4n) is 0.679. The average Bonchev–Trinajstić information content (AvgIpc) is 2.04. The minimum absolute atomic E-state index is 0. The molecule has 0 fully saturated rings. The Bertz CT molecular complexity index is 323. The van der Waals surface area contributed by atoms with Crippen molar-refractivity contribution < 1.29 is 32.4 Å². The first-order valence-corrected chi connectivity index (χ1v) is 4.40. The molecule has 0 saturated carbocycles. The standard InChI is InChI=1S/C6H6ClNO3S.Li/c1-11-6-5(7)4(12(9)10)2-3-8-6;/h2-3H,1H3,(H,9,10);/q;+1/p-1. The van der Waals surface area contributed by atoms with Crippen LogP contribution in [0.15, 0.2) is 17.2 Å². The molecule has 0 amide bonds. The van der Waals surface area contributed by atoms with E-state index in [2.05, 4.69) is 4.98 Å². The molecule has 1 atom stereocenters. The molecule has 4 nitrogen and oxygen atoms in total. The second-order valence-electron chi connectivity index (χ2n) is 1.87. The van der Waals surface area contributed by atoms with Crippen LogP contribution in [0.25, 0.3) is 0 Å². The van der Waals surface area contributed by atoms with Crippen molar-refractivity contribution in [2.24, 2.45) is 0 Å². The van der Waals surface area contributed by atoms with Gasteiger partial charge in [-0.3, -0.25) is 4.21 Å². The topological polar surface area (TPSA) is 62.2 Å². The molecule has 1 aromatic rings. The summed E-state index contributed by atoms with van der Waals surface area (Å²) in [5, 5.41) is 0.00772. The van der Waals surface area contributed by atoms with Crippen LogP contribution < -0.4 is 23.6 Å². The molecule has 0 bridgehead atoms. The summed E-state index contributed by atoms with van der Waals surface area (Å²) in [7, 11) is 1.37. The molecule has 66 valence electrons. The summed E-state index contributed by atoms with van der Waals surface area (Å²) in [5.41, 5.74) is 0. The van der Waals surface area contributed by atoms with Gasteiger partial charge in [0.25, 0.3) is 0 Å². The van der Waals surface area contributed by atoms with E-state index in [4.69, 9.17) is 16.3 Å². The molecule has 0 aliphatic carbocycles. The van der Waals surface area contributed by atoms with Gasteiger partial charge in [0.1, 0.15) is 5.02 Å². The van der Waals surface area contributed by atoms with Gasteiger partial charge < -0.3 is 9.29 Å². The van der Waals surface area contributed by atoms with Gasteiger partial charge in [-0.25, -0.2) is 4.98 Å². The van der Waals surface area contributed by atoms with Crippen molar-refractivity contribution in [3.8, 4) is 5.88 Å². The SMILES string of the molecule is COc1nccc(S(=O)[O-])c1Cl.[Li+].